The van der Waals surface area contributed by atoms with Crippen LogP contribution in [0.4, 0.5) is 18.9 Å². The standard InChI is InChI=1S/C30H34F3N5O3/c1-29(7-4-8-29)34-15-19-11-24-25(26(12-19)30(31,32)33)16-38(28(24)39)21-6-3-5-20(13-21)23(27-36-35-18-37(27)2)14-22-17-40-9-10-41-22/h3,5-6,11-13,18,22-23,34H,4,7-10,14-17H2,1-2H3/t22-,23?/m1/s1. The van der Waals surface area contributed by atoms with Crippen molar-refractivity contribution in [2.24, 2.45) is 7.05 Å². The van der Waals surface area contributed by atoms with Crippen LogP contribution in [-0.2, 0) is 35.8 Å². The first-order valence-electron chi connectivity index (χ1n) is 14.0. The monoisotopic (exact) mass is 569 g/mol. The number of hydrogen-bond acceptors (Lipinski definition) is 6. The Balaban J connectivity index is 1.31. The summed E-state index contributed by atoms with van der Waals surface area (Å²) in [6.45, 7) is 3.74. The molecule has 3 heterocycles. The largest absolute Gasteiger partial charge is 0.416 e. The number of alkyl halides is 3. The van der Waals surface area contributed by atoms with Crippen LogP contribution >= 0.6 is 0 Å². The number of carbonyl (C=O) groups excluding carboxylic acids is 1. The van der Waals surface area contributed by atoms with Crippen molar-refractivity contribution in [2.75, 3.05) is 24.7 Å². The smallest absolute Gasteiger partial charge is 0.376 e. The van der Waals surface area contributed by atoms with Crippen molar-refractivity contribution in [1.29, 1.82) is 0 Å². The molecule has 1 N–H and O–H groups in total. The van der Waals surface area contributed by atoms with E-state index in [0.29, 0.717) is 37.5 Å². The maximum Gasteiger partial charge on any atom is 0.416 e. The molecule has 41 heavy (non-hydrogen) atoms. The van der Waals surface area contributed by atoms with Gasteiger partial charge in [0.25, 0.3) is 5.91 Å². The van der Waals surface area contributed by atoms with Gasteiger partial charge in [-0.25, -0.2) is 0 Å². The lowest BCUT2D eigenvalue weighted by molar-refractivity contribution is -0.138. The Kier molecular flexibility index (Phi) is 7.37. The molecule has 0 radical (unpaired) electrons. The van der Waals surface area contributed by atoms with Gasteiger partial charge < -0.3 is 24.3 Å². The molecule has 3 aromatic rings. The van der Waals surface area contributed by atoms with E-state index < -0.39 is 17.6 Å². The van der Waals surface area contributed by atoms with Gasteiger partial charge in [-0.15, -0.1) is 10.2 Å². The summed E-state index contributed by atoms with van der Waals surface area (Å²) in [4.78, 5) is 15.1. The number of halogens is 3. The highest BCUT2D eigenvalue weighted by atomic mass is 19.4. The summed E-state index contributed by atoms with van der Waals surface area (Å²) in [5, 5.41) is 11.8. The highest BCUT2D eigenvalue weighted by Crippen LogP contribution is 2.41. The molecule has 0 bridgehead atoms. The van der Waals surface area contributed by atoms with E-state index in [1.54, 1.807) is 18.5 Å². The number of aromatic nitrogens is 3. The topological polar surface area (TPSA) is 81.5 Å². The molecule has 6 rings (SSSR count). The molecule has 1 saturated heterocycles. The summed E-state index contributed by atoms with van der Waals surface area (Å²) in [5.74, 6) is 0.0770. The van der Waals surface area contributed by atoms with E-state index in [2.05, 4.69) is 22.4 Å². The first-order valence-corrected chi connectivity index (χ1v) is 14.0. The van der Waals surface area contributed by atoms with Crippen molar-refractivity contribution >= 4 is 11.6 Å². The number of amides is 1. The Labute approximate surface area is 236 Å². The summed E-state index contributed by atoms with van der Waals surface area (Å²) in [5.41, 5.74) is 1.18. The minimum atomic E-state index is -4.57. The second kappa shape index (κ2) is 10.8. The number of nitrogens with one attached hydrogen (secondary N) is 1. The molecule has 11 heteroatoms. The molecule has 2 fully saturated rings. The average molecular weight is 570 g/mol. The summed E-state index contributed by atoms with van der Waals surface area (Å²) < 4.78 is 56.0. The lowest BCUT2D eigenvalue weighted by Crippen LogP contribution is -2.47. The summed E-state index contributed by atoms with van der Waals surface area (Å²) in [6, 6.07) is 10.2. The van der Waals surface area contributed by atoms with Gasteiger partial charge in [0.2, 0.25) is 0 Å². The lowest BCUT2D eigenvalue weighted by atomic mass is 9.78. The van der Waals surface area contributed by atoms with Gasteiger partial charge in [-0.2, -0.15) is 13.2 Å². The van der Waals surface area contributed by atoms with Gasteiger partial charge in [-0.05, 0) is 73.6 Å². The number of rotatable bonds is 8. The van der Waals surface area contributed by atoms with E-state index in [0.717, 1.165) is 30.7 Å². The van der Waals surface area contributed by atoms with Crippen LogP contribution in [0.1, 0.15) is 77.0 Å². The Bertz CT molecular complexity index is 1430. The van der Waals surface area contributed by atoms with Crippen LogP contribution in [0.25, 0.3) is 0 Å². The zero-order valence-electron chi connectivity index (χ0n) is 23.2. The molecular formula is C30H34F3N5O3. The van der Waals surface area contributed by atoms with E-state index in [1.807, 2.05) is 29.8 Å². The van der Waals surface area contributed by atoms with Crippen molar-refractivity contribution in [3.63, 3.8) is 0 Å². The second-order valence-electron chi connectivity index (χ2n) is 11.6. The van der Waals surface area contributed by atoms with Gasteiger partial charge >= 0.3 is 6.18 Å². The number of nitrogens with zero attached hydrogens (tertiary/aromatic N) is 4. The fourth-order valence-electron chi connectivity index (χ4n) is 6.07. The molecule has 0 spiro atoms. The Hall–Kier alpha value is -3.28. The molecule has 3 aliphatic rings. The first kappa shape index (κ1) is 27.9. The third-order valence-corrected chi connectivity index (χ3v) is 8.61. The third kappa shape index (κ3) is 5.62. The van der Waals surface area contributed by atoms with Crippen LogP contribution < -0.4 is 10.2 Å². The molecule has 1 saturated carbocycles. The highest BCUT2D eigenvalue weighted by molar-refractivity contribution is 6.10. The molecule has 1 unspecified atom stereocenters. The number of fused-ring (bicyclic) bond motifs is 1. The fraction of sp³-hybridized carbons (Fsp3) is 0.500. The van der Waals surface area contributed by atoms with Gasteiger partial charge in [0.15, 0.2) is 0 Å². The number of ether oxygens (including phenoxy) is 2. The van der Waals surface area contributed by atoms with Crippen LogP contribution in [0.3, 0.4) is 0 Å². The zero-order chi connectivity index (χ0) is 28.8. The second-order valence-corrected chi connectivity index (χ2v) is 11.6. The minimum Gasteiger partial charge on any atom is -0.376 e. The molecule has 2 aromatic carbocycles. The maximum absolute atomic E-state index is 14.2. The van der Waals surface area contributed by atoms with E-state index >= 15 is 0 Å². The molecule has 2 atom stereocenters. The number of anilines is 1. The van der Waals surface area contributed by atoms with Crippen molar-refractivity contribution in [2.45, 2.75) is 69.4 Å². The maximum atomic E-state index is 14.2. The summed E-state index contributed by atoms with van der Waals surface area (Å²) in [6.07, 6.45) is 0.573. The lowest BCUT2D eigenvalue weighted by Gasteiger charge is -2.39. The normalized spacial score (nSPS) is 21.0. The van der Waals surface area contributed by atoms with Crippen LogP contribution in [0, 0.1) is 0 Å². The van der Waals surface area contributed by atoms with Gasteiger partial charge in [0.05, 0.1) is 38.0 Å². The van der Waals surface area contributed by atoms with Crippen molar-refractivity contribution < 1.29 is 27.4 Å². The third-order valence-electron chi connectivity index (χ3n) is 8.61. The Morgan fingerprint density at radius 2 is 2.02 bits per heavy atom. The zero-order valence-corrected chi connectivity index (χ0v) is 23.2. The predicted octanol–water partition coefficient (Wildman–Crippen LogP) is 4.96. The van der Waals surface area contributed by atoms with E-state index in [-0.39, 0.29) is 41.8 Å². The van der Waals surface area contributed by atoms with Crippen LogP contribution in [0.5, 0.6) is 0 Å². The van der Waals surface area contributed by atoms with Crippen LogP contribution in [-0.4, -0.2) is 52.1 Å². The number of aryl methyl sites for hydroxylation is 1. The summed E-state index contributed by atoms with van der Waals surface area (Å²) >= 11 is 0. The van der Waals surface area contributed by atoms with E-state index in [1.165, 1.54) is 11.0 Å². The van der Waals surface area contributed by atoms with Gasteiger partial charge in [0, 0.05) is 36.3 Å². The number of hydrogen-bond donors (Lipinski definition) is 1. The molecule has 1 amide bonds. The molecule has 1 aliphatic carbocycles. The first-order chi connectivity index (χ1) is 19.6. The number of carbonyl (C=O) groups is 1. The van der Waals surface area contributed by atoms with Gasteiger partial charge in [0.1, 0.15) is 12.2 Å². The molecule has 218 valence electrons. The molecule has 1 aromatic heterocycles. The van der Waals surface area contributed by atoms with E-state index in [4.69, 9.17) is 9.47 Å². The van der Waals surface area contributed by atoms with Gasteiger partial charge in [-0.3, -0.25) is 4.79 Å². The average Bonchev–Trinajstić information content (AvgIpc) is 3.51. The van der Waals surface area contributed by atoms with E-state index in [9.17, 15) is 18.0 Å². The van der Waals surface area contributed by atoms with Crippen molar-refractivity contribution in [3.8, 4) is 0 Å². The quantitative estimate of drug-likeness (QED) is 0.413. The van der Waals surface area contributed by atoms with Crippen molar-refractivity contribution in [1.82, 2.24) is 20.1 Å². The van der Waals surface area contributed by atoms with Crippen LogP contribution in [0.2, 0.25) is 0 Å². The summed E-state index contributed by atoms with van der Waals surface area (Å²) in [7, 11) is 1.86. The van der Waals surface area contributed by atoms with Crippen LogP contribution in [0.15, 0.2) is 42.7 Å². The Morgan fingerprint density at radius 3 is 2.68 bits per heavy atom. The number of benzene rings is 2. The molecule has 8 nitrogen and oxygen atoms in total. The predicted molar refractivity (Wildman–Crippen MR) is 146 cm³/mol. The SMILES string of the molecule is Cn1cnnc1C(C[C@@H]1COCCO1)c1cccc(N2Cc3c(cc(CNC4(C)CCC4)cc3C(F)(F)F)C2=O)c1. The molecular weight excluding hydrogens is 535 g/mol. The minimum absolute atomic E-state index is 0.0177. The molecule has 2 aliphatic heterocycles. The highest BCUT2D eigenvalue weighted by Gasteiger charge is 2.41. The van der Waals surface area contributed by atoms with Gasteiger partial charge in [-0.1, -0.05) is 12.1 Å². The Morgan fingerprint density at radius 1 is 1.20 bits per heavy atom. The fourth-order valence-corrected chi connectivity index (χ4v) is 6.07. The van der Waals surface area contributed by atoms with Crippen molar-refractivity contribution in [3.05, 3.63) is 76.4 Å².